The molecule has 0 saturated heterocycles. The van der Waals surface area contributed by atoms with Crippen LogP contribution in [-0.4, -0.2) is 17.7 Å². The highest BCUT2D eigenvalue weighted by Crippen LogP contribution is 2.34. The Hall–Kier alpha value is -1.83. The number of alkyl halides is 3. The van der Waals surface area contributed by atoms with Gasteiger partial charge in [-0.2, -0.15) is 13.2 Å². The predicted octanol–water partition coefficient (Wildman–Crippen LogP) is 4.30. The van der Waals surface area contributed by atoms with E-state index < -0.39 is 17.7 Å². The fourth-order valence-corrected chi connectivity index (χ4v) is 2.13. The molecule has 2 aromatic rings. The fourth-order valence-electron chi connectivity index (χ4n) is 1.60. The van der Waals surface area contributed by atoms with Gasteiger partial charge >= 0.3 is 12.1 Å². The van der Waals surface area contributed by atoms with Crippen molar-refractivity contribution in [3.05, 3.63) is 40.0 Å². The van der Waals surface area contributed by atoms with Crippen LogP contribution in [-0.2, 0) is 10.9 Å². The van der Waals surface area contributed by atoms with Crippen molar-refractivity contribution in [1.82, 2.24) is 5.16 Å². The Balaban J connectivity index is 2.33. The molecule has 0 atom stereocenters. The topological polar surface area (TPSA) is 52.3 Å². The molecule has 0 fully saturated rings. The molecular weight excluding hydrogens is 355 g/mol. The van der Waals surface area contributed by atoms with E-state index in [2.05, 4.69) is 21.1 Å². The van der Waals surface area contributed by atoms with Crippen LogP contribution < -0.4 is 0 Å². The molecule has 1 heterocycles. The molecule has 4 nitrogen and oxygen atoms in total. The van der Waals surface area contributed by atoms with Crippen molar-refractivity contribution >= 4 is 21.9 Å². The summed E-state index contributed by atoms with van der Waals surface area (Å²) in [5.41, 5.74) is -0.475. The number of carbonyl (C=O) groups is 1. The molecule has 0 amide bonds. The van der Waals surface area contributed by atoms with Gasteiger partial charge in [-0.25, -0.2) is 4.79 Å². The minimum Gasteiger partial charge on any atom is -0.461 e. The molecule has 0 spiro atoms. The Labute approximate surface area is 126 Å². The second-order valence-corrected chi connectivity index (χ2v) is 4.76. The van der Waals surface area contributed by atoms with Gasteiger partial charge in [-0.1, -0.05) is 17.3 Å². The molecule has 0 bridgehead atoms. The summed E-state index contributed by atoms with van der Waals surface area (Å²) < 4.78 is 47.5. The van der Waals surface area contributed by atoms with E-state index in [1.807, 2.05) is 0 Å². The van der Waals surface area contributed by atoms with Crippen molar-refractivity contribution in [3.63, 3.8) is 0 Å². The van der Waals surface area contributed by atoms with Gasteiger partial charge < -0.3 is 9.26 Å². The molecule has 0 unspecified atom stereocenters. The third kappa shape index (κ3) is 3.26. The minimum absolute atomic E-state index is 0.0632. The van der Waals surface area contributed by atoms with Crippen LogP contribution in [0, 0.1) is 0 Å². The fraction of sp³-hybridized carbons (Fsp3) is 0.231. The summed E-state index contributed by atoms with van der Waals surface area (Å²) in [7, 11) is 0. The molecule has 0 aliphatic carbocycles. The second kappa shape index (κ2) is 5.88. The lowest BCUT2D eigenvalue weighted by Crippen LogP contribution is -2.05. The quantitative estimate of drug-likeness (QED) is 0.763. The van der Waals surface area contributed by atoms with Gasteiger partial charge in [0.2, 0.25) is 5.69 Å². The molecule has 1 aromatic carbocycles. The Morgan fingerprint density at radius 1 is 1.33 bits per heavy atom. The normalized spacial score (nSPS) is 11.5. The van der Waals surface area contributed by atoms with Crippen LogP contribution >= 0.6 is 15.9 Å². The van der Waals surface area contributed by atoms with Gasteiger partial charge in [0.05, 0.1) is 12.2 Å². The first-order valence-corrected chi connectivity index (χ1v) is 6.63. The lowest BCUT2D eigenvalue weighted by Gasteiger charge is -2.06. The summed E-state index contributed by atoms with van der Waals surface area (Å²) in [6.45, 7) is 1.82. The van der Waals surface area contributed by atoms with E-state index in [1.54, 1.807) is 6.92 Å². The summed E-state index contributed by atoms with van der Waals surface area (Å²) in [5, 5.41) is 3.56. The zero-order chi connectivity index (χ0) is 15.6. The SMILES string of the molecule is CCOC(=O)c1noc(-c2ccc(C(F)(F)F)cc2)c1Br. The smallest absolute Gasteiger partial charge is 0.416 e. The first-order chi connectivity index (χ1) is 9.84. The summed E-state index contributed by atoms with van der Waals surface area (Å²) in [4.78, 5) is 11.6. The van der Waals surface area contributed by atoms with Crippen molar-refractivity contribution < 1.29 is 27.2 Å². The molecule has 0 N–H and O–H groups in total. The Bertz CT molecular complexity index is 650. The average molecular weight is 364 g/mol. The van der Waals surface area contributed by atoms with E-state index >= 15 is 0 Å². The number of carbonyl (C=O) groups excluding carboxylic acids is 1. The van der Waals surface area contributed by atoms with Crippen molar-refractivity contribution in [3.8, 4) is 11.3 Å². The average Bonchev–Trinajstić information content (AvgIpc) is 2.80. The van der Waals surface area contributed by atoms with Crippen LogP contribution in [0.2, 0.25) is 0 Å². The Morgan fingerprint density at radius 2 is 1.95 bits per heavy atom. The van der Waals surface area contributed by atoms with E-state index in [4.69, 9.17) is 9.26 Å². The molecular formula is C13H9BrF3NO3. The molecule has 0 saturated carbocycles. The van der Waals surface area contributed by atoms with Gasteiger partial charge in [0.25, 0.3) is 0 Å². The standard InChI is InChI=1S/C13H9BrF3NO3/c1-2-20-12(19)10-9(14)11(21-18-10)7-3-5-8(6-4-7)13(15,16)17/h3-6H,2H2,1H3. The van der Waals surface area contributed by atoms with Crippen molar-refractivity contribution in [1.29, 1.82) is 0 Å². The molecule has 0 aliphatic heterocycles. The molecule has 21 heavy (non-hydrogen) atoms. The third-order valence-electron chi connectivity index (χ3n) is 2.58. The molecule has 1 aromatic heterocycles. The van der Waals surface area contributed by atoms with E-state index in [9.17, 15) is 18.0 Å². The zero-order valence-corrected chi connectivity index (χ0v) is 12.3. The van der Waals surface area contributed by atoms with Crippen LogP contribution in [0.1, 0.15) is 23.0 Å². The summed E-state index contributed by atoms with van der Waals surface area (Å²) >= 11 is 3.14. The highest BCUT2D eigenvalue weighted by Gasteiger charge is 2.30. The van der Waals surface area contributed by atoms with E-state index in [-0.39, 0.29) is 22.5 Å². The van der Waals surface area contributed by atoms with Crippen LogP contribution in [0.5, 0.6) is 0 Å². The maximum atomic E-state index is 12.5. The van der Waals surface area contributed by atoms with E-state index in [0.717, 1.165) is 12.1 Å². The first kappa shape index (κ1) is 15.6. The van der Waals surface area contributed by atoms with Gasteiger partial charge in [-0.05, 0) is 35.0 Å². The Morgan fingerprint density at radius 3 is 2.48 bits per heavy atom. The lowest BCUT2D eigenvalue weighted by molar-refractivity contribution is -0.137. The number of hydrogen-bond donors (Lipinski definition) is 0. The number of benzene rings is 1. The maximum absolute atomic E-state index is 12.5. The number of esters is 1. The molecule has 112 valence electrons. The molecule has 8 heteroatoms. The number of hydrogen-bond acceptors (Lipinski definition) is 4. The second-order valence-electron chi connectivity index (χ2n) is 3.97. The van der Waals surface area contributed by atoms with E-state index in [0.29, 0.717) is 5.56 Å². The van der Waals surface area contributed by atoms with Gasteiger partial charge in [0.15, 0.2) is 5.76 Å². The van der Waals surface area contributed by atoms with Crippen LogP contribution in [0.25, 0.3) is 11.3 Å². The summed E-state index contributed by atoms with van der Waals surface area (Å²) in [6.07, 6.45) is -4.41. The summed E-state index contributed by atoms with van der Waals surface area (Å²) in [5.74, 6) is -0.516. The van der Waals surface area contributed by atoms with Crippen LogP contribution in [0.4, 0.5) is 13.2 Å². The number of ether oxygens (including phenoxy) is 1. The van der Waals surface area contributed by atoms with E-state index in [1.165, 1.54) is 12.1 Å². The molecule has 0 radical (unpaired) electrons. The monoisotopic (exact) mass is 363 g/mol. The van der Waals surface area contributed by atoms with Gasteiger partial charge in [0.1, 0.15) is 4.47 Å². The third-order valence-corrected chi connectivity index (χ3v) is 3.31. The van der Waals surface area contributed by atoms with Crippen molar-refractivity contribution in [2.75, 3.05) is 6.61 Å². The van der Waals surface area contributed by atoms with Gasteiger partial charge in [-0.3, -0.25) is 0 Å². The van der Waals surface area contributed by atoms with Gasteiger partial charge in [-0.15, -0.1) is 0 Å². The molecule has 0 aliphatic rings. The highest BCUT2D eigenvalue weighted by molar-refractivity contribution is 9.10. The molecule has 2 rings (SSSR count). The van der Waals surface area contributed by atoms with Gasteiger partial charge in [0, 0.05) is 5.56 Å². The first-order valence-electron chi connectivity index (χ1n) is 5.84. The largest absolute Gasteiger partial charge is 0.461 e. The highest BCUT2D eigenvalue weighted by atomic mass is 79.9. The van der Waals surface area contributed by atoms with Crippen molar-refractivity contribution in [2.24, 2.45) is 0 Å². The predicted molar refractivity (Wildman–Crippen MR) is 70.6 cm³/mol. The number of rotatable bonds is 3. The zero-order valence-electron chi connectivity index (χ0n) is 10.7. The van der Waals surface area contributed by atoms with Crippen molar-refractivity contribution in [2.45, 2.75) is 13.1 Å². The summed E-state index contributed by atoms with van der Waals surface area (Å²) in [6, 6.07) is 4.33. The number of aromatic nitrogens is 1. The van der Waals surface area contributed by atoms with Crippen LogP contribution in [0.3, 0.4) is 0 Å². The number of nitrogens with zero attached hydrogens (tertiary/aromatic N) is 1. The minimum atomic E-state index is -4.41. The number of halogens is 4. The Kier molecular flexibility index (Phi) is 4.36. The maximum Gasteiger partial charge on any atom is 0.416 e. The van der Waals surface area contributed by atoms with Crippen LogP contribution in [0.15, 0.2) is 33.3 Å². The lowest BCUT2D eigenvalue weighted by atomic mass is 10.1.